The molecular formula is C14H20N2O5. The summed E-state index contributed by atoms with van der Waals surface area (Å²) in [6, 6.07) is 7.34. The van der Waals surface area contributed by atoms with Gasteiger partial charge in [-0.25, -0.2) is 4.79 Å². The Morgan fingerprint density at radius 3 is 2.67 bits per heavy atom. The quantitative estimate of drug-likeness (QED) is 0.853. The minimum Gasteiger partial charge on any atom is -0.493 e. The predicted molar refractivity (Wildman–Crippen MR) is 75.6 cm³/mol. The first-order valence-corrected chi connectivity index (χ1v) is 6.78. The maximum atomic E-state index is 10.8. The molecule has 0 bridgehead atoms. The van der Waals surface area contributed by atoms with E-state index in [9.17, 15) is 4.79 Å². The molecule has 0 aliphatic carbocycles. The molecule has 116 valence electrons. The molecule has 2 aliphatic heterocycles. The average Bonchev–Trinajstić information content (AvgIpc) is 3.20. The van der Waals surface area contributed by atoms with Gasteiger partial charge in [0.15, 0.2) is 17.6 Å². The van der Waals surface area contributed by atoms with Crippen molar-refractivity contribution >= 4 is 6.09 Å². The Morgan fingerprint density at radius 2 is 2.14 bits per heavy atom. The van der Waals surface area contributed by atoms with E-state index in [-0.39, 0.29) is 6.10 Å². The summed E-state index contributed by atoms with van der Waals surface area (Å²) in [6.07, 6.45) is -0.633. The van der Waals surface area contributed by atoms with E-state index in [1.54, 1.807) is 7.11 Å². The van der Waals surface area contributed by atoms with Crippen molar-refractivity contribution in [3.8, 4) is 11.5 Å². The number of hydrogen-bond donors (Lipinski definition) is 2. The van der Waals surface area contributed by atoms with Crippen LogP contribution in [0.1, 0.15) is 0 Å². The van der Waals surface area contributed by atoms with Crippen LogP contribution in [0.5, 0.6) is 11.5 Å². The molecule has 1 aromatic carbocycles. The first-order valence-electron chi connectivity index (χ1n) is 6.78. The van der Waals surface area contributed by atoms with Crippen molar-refractivity contribution in [3.05, 3.63) is 24.3 Å². The van der Waals surface area contributed by atoms with Crippen LogP contribution in [0.2, 0.25) is 0 Å². The van der Waals surface area contributed by atoms with E-state index in [0.29, 0.717) is 24.7 Å². The van der Waals surface area contributed by atoms with Crippen molar-refractivity contribution in [3.63, 3.8) is 0 Å². The second kappa shape index (κ2) is 8.33. The van der Waals surface area contributed by atoms with Crippen LogP contribution in [0.25, 0.3) is 0 Å². The van der Waals surface area contributed by atoms with Gasteiger partial charge in [0.1, 0.15) is 6.61 Å². The number of alkyl carbamates (subject to hydrolysis) is 1. The van der Waals surface area contributed by atoms with E-state index in [4.69, 9.17) is 18.9 Å². The molecule has 0 spiro atoms. The fourth-order valence-corrected chi connectivity index (χ4v) is 1.81. The Kier molecular flexibility index (Phi) is 6.11. The van der Waals surface area contributed by atoms with Crippen LogP contribution in [-0.4, -0.2) is 52.3 Å². The normalized spacial score (nSPS) is 20.0. The SMILES string of the molecule is C1COCN1.COc1ccccc1OCC1CNC(=O)O1. The number of para-hydroxylation sites is 2. The van der Waals surface area contributed by atoms with Crippen molar-refractivity contribution in [2.24, 2.45) is 0 Å². The van der Waals surface area contributed by atoms with Gasteiger partial charge in [-0.15, -0.1) is 0 Å². The van der Waals surface area contributed by atoms with E-state index in [0.717, 1.165) is 19.9 Å². The summed E-state index contributed by atoms with van der Waals surface area (Å²) in [7, 11) is 1.58. The fraction of sp³-hybridized carbons (Fsp3) is 0.500. The number of ether oxygens (including phenoxy) is 4. The van der Waals surface area contributed by atoms with Gasteiger partial charge in [0.25, 0.3) is 0 Å². The molecule has 2 N–H and O–H groups in total. The molecule has 2 fully saturated rings. The number of benzene rings is 1. The van der Waals surface area contributed by atoms with Gasteiger partial charge in [0, 0.05) is 6.54 Å². The molecule has 7 heteroatoms. The minimum absolute atomic E-state index is 0.239. The van der Waals surface area contributed by atoms with E-state index < -0.39 is 6.09 Å². The molecule has 0 saturated carbocycles. The number of methoxy groups -OCH3 is 1. The number of nitrogens with one attached hydrogen (secondary N) is 2. The van der Waals surface area contributed by atoms with Gasteiger partial charge >= 0.3 is 6.09 Å². The fourth-order valence-electron chi connectivity index (χ4n) is 1.81. The van der Waals surface area contributed by atoms with Crippen LogP contribution in [0, 0.1) is 0 Å². The van der Waals surface area contributed by atoms with E-state index >= 15 is 0 Å². The Labute approximate surface area is 123 Å². The lowest BCUT2D eigenvalue weighted by Crippen LogP contribution is -2.22. The van der Waals surface area contributed by atoms with Crippen molar-refractivity contribution < 1.29 is 23.7 Å². The number of carbonyl (C=O) groups excluding carboxylic acids is 1. The van der Waals surface area contributed by atoms with E-state index in [1.807, 2.05) is 24.3 Å². The summed E-state index contributed by atoms with van der Waals surface area (Å²) in [4.78, 5) is 10.8. The van der Waals surface area contributed by atoms with Gasteiger partial charge in [-0.1, -0.05) is 12.1 Å². The average molecular weight is 296 g/mol. The van der Waals surface area contributed by atoms with Gasteiger partial charge < -0.3 is 24.3 Å². The second-order valence-corrected chi connectivity index (χ2v) is 4.42. The third kappa shape index (κ3) is 5.13. The van der Waals surface area contributed by atoms with Crippen LogP contribution in [0.4, 0.5) is 4.79 Å². The second-order valence-electron chi connectivity index (χ2n) is 4.42. The summed E-state index contributed by atoms with van der Waals surface area (Å²) in [5, 5.41) is 5.56. The highest BCUT2D eigenvalue weighted by Crippen LogP contribution is 2.26. The van der Waals surface area contributed by atoms with Gasteiger partial charge in [-0.05, 0) is 12.1 Å². The van der Waals surface area contributed by atoms with E-state index in [1.165, 1.54) is 0 Å². The Balaban J connectivity index is 0.000000272. The zero-order valence-corrected chi connectivity index (χ0v) is 12.0. The Bertz CT molecular complexity index is 443. The number of amides is 1. The number of rotatable bonds is 4. The van der Waals surface area contributed by atoms with Crippen LogP contribution >= 0.6 is 0 Å². The molecular weight excluding hydrogens is 276 g/mol. The number of cyclic esters (lactones) is 1. The van der Waals surface area contributed by atoms with Gasteiger partial charge in [0.2, 0.25) is 0 Å². The maximum Gasteiger partial charge on any atom is 0.407 e. The lowest BCUT2D eigenvalue weighted by Gasteiger charge is -2.12. The highest BCUT2D eigenvalue weighted by Gasteiger charge is 2.23. The summed E-state index contributed by atoms with van der Waals surface area (Å²) in [6.45, 7) is 3.47. The summed E-state index contributed by atoms with van der Waals surface area (Å²) in [5.41, 5.74) is 0. The molecule has 7 nitrogen and oxygen atoms in total. The predicted octanol–water partition coefficient (Wildman–Crippen LogP) is 0.746. The van der Waals surface area contributed by atoms with Crippen molar-refractivity contribution in [1.29, 1.82) is 0 Å². The van der Waals surface area contributed by atoms with Crippen molar-refractivity contribution in [1.82, 2.24) is 10.6 Å². The number of carbonyl (C=O) groups is 1. The highest BCUT2D eigenvalue weighted by molar-refractivity contribution is 5.69. The van der Waals surface area contributed by atoms with Gasteiger partial charge in [0.05, 0.1) is 27.0 Å². The lowest BCUT2D eigenvalue weighted by molar-refractivity contribution is 0.103. The van der Waals surface area contributed by atoms with Crippen LogP contribution in [0.3, 0.4) is 0 Å². The largest absolute Gasteiger partial charge is 0.493 e. The van der Waals surface area contributed by atoms with Crippen LogP contribution in [-0.2, 0) is 9.47 Å². The molecule has 1 atom stereocenters. The van der Waals surface area contributed by atoms with Crippen LogP contribution < -0.4 is 20.1 Å². The monoisotopic (exact) mass is 296 g/mol. The van der Waals surface area contributed by atoms with E-state index in [2.05, 4.69) is 10.6 Å². The summed E-state index contributed by atoms with van der Waals surface area (Å²) < 4.78 is 20.4. The summed E-state index contributed by atoms with van der Waals surface area (Å²) >= 11 is 0. The molecule has 21 heavy (non-hydrogen) atoms. The standard InChI is InChI=1S/C11H13NO4.C3H7NO/c1-14-9-4-2-3-5-10(9)15-7-8-6-12-11(13)16-8;1-2-5-3-4-1/h2-5,8H,6-7H2,1H3,(H,12,13);4H,1-3H2. The minimum atomic E-state index is -0.395. The highest BCUT2D eigenvalue weighted by atomic mass is 16.6. The molecule has 1 aromatic rings. The smallest absolute Gasteiger partial charge is 0.407 e. The van der Waals surface area contributed by atoms with Gasteiger partial charge in [-0.3, -0.25) is 5.32 Å². The van der Waals surface area contributed by atoms with Crippen molar-refractivity contribution in [2.45, 2.75) is 6.10 Å². The first-order chi connectivity index (χ1) is 10.3. The zero-order valence-electron chi connectivity index (χ0n) is 12.0. The molecule has 2 saturated heterocycles. The lowest BCUT2D eigenvalue weighted by atomic mass is 10.3. The van der Waals surface area contributed by atoms with Gasteiger partial charge in [-0.2, -0.15) is 0 Å². The zero-order chi connectivity index (χ0) is 14.9. The van der Waals surface area contributed by atoms with Crippen LogP contribution in [0.15, 0.2) is 24.3 Å². The Hall–Kier alpha value is -1.99. The first kappa shape index (κ1) is 15.4. The third-order valence-electron chi connectivity index (χ3n) is 2.87. The molecule has 1 amide bonds. The molecule has 0 radical (unpaired) electrons. The molecule has 2 aliphatic rings. The molecule has 2 heterocycles. The topological polar surface area (TPSA) is 78.0 Å². The Morgan fingerprint density at radius 1 is 1.33 bits per heavy atom. The third-order valence-corrected chi connectivity index (χ3v) is 2.87. The maximum absolute atomic E-state index is 10.8. The van der Waals surface area contributed by atoms with Crippen molar-refractivity contribution in [2.75, 3.05) is 40.1 Å². The number of hydrogen-bond acceptors (Lipinski definition) is 6. The molecule has 0 aromatic heterocycles. The molecule has 1 unspecified atom stereocenters. The summed E-state index contributed by atoms with van der Waals surface area (Å²) in [5.74, 6) is 1.31. The molecule has 3 rings (SSSR count).